The lowest BCUT2D eigenvalue weighted by Gasteiger charge is -2.26. The molecule has 5 nitrogen and oxygen atoms in total. The van der Waals surface area contributed by atoms with Crippen molar-refractivity contribution in [1.82, 2.24) is 19.9 Å². The van der Waals surface area contributed by atoms with Gasteiger partial charge in [0.2, 0.25) is 0 Å². The fourth-order valence-corrected chi connectivity index (χ4v) is 4.40. The zero-order valence-electron chi connectivity index (χ0n) is 16.3. The zero-order valence-corrected chi connectivity index (χ0v) is 17.0. The summed E-state index contributed by atoms with van der Waals surface area (Å²) in [7, 11) is 0. The molecular weight excluding hydrogens is 382 g/mol. The smallest absolute Gasteiger partial charge is 0.180 e. The molecule has 2 N–H and O–H groups in total. The lowest BCUT2D eigenvalue weighted by atomic mass is 10.1. The predicted octanol–water partition coefficient (Wildman–Crippen LogP) is 5.33. The number of halogens is 1. The van der Waals surface area contributed by atoms with Crippen LogP contribution in [0.2, 0.25) is 5.02 Å². The summed E-state index contributed by atoms with van der Waals surface area (Å²) < 4.78 is 0. The summed E-state index contributed by atoms with van der Waals surface area (Å²) >= 11 is 6.66. The number of piperidine rings is 1. The van der Waals surface area contributed by atoms with Crippen molar-refractivity contribution in [3.05, 3.63) is 53.6 Å². The highest BCUT2D eigenvalue weighted by Crippen LogP contribution is 2.34. The summed E-state index contributed by atoms with van der Waals surface area (Å²) in [5.74, 6) is 1.47. The number of aromatic nitrogens is 3. The summed E-state index contributed by atoms with van der Waals surface area (Å²) in [5, 5.41) is 6.23. The minimum Gasteiger partial charge on any atom is -0.368 e. The van der Waals surface area contributed by atoms with Crippen molar-refractivity contribution >= 4 is 39.2 Å². The standard InChI is InChI=1S/C23H24ClN5/c24-20-16-8-2-4-10-18(16)26-21(20)23-27-19-11-5-3-9-17(19)22(28-23)25-12-15-29-13-6-1-7-14-29/h2-5,8-11,26H,1,6-7,12-15H2,(H,25,27,28). The van der Waals surface area contributed by atoms with Gasteiger partial charge in [0.25, 0.3) is 0 Å². The van der Waals surface area contributed by atoms with Gasteiger partial charge in [-0.2, -0.15) is 0 Å². The van der Waals surface area contributed by atoms with E-state index in [0.717, 1.165) is 46.4 Å². The second-order valence-electron chi connectivity index (χ2n) is 7.60. The predicted molar refractivity (Wildman–Crippen MR) is 121 cm³/mol. The van der Waals surface area contributed by atoms with E-state index in [9.17, 15) is 0 Å². The van der Waals surface area contributed by atoms with Crippen molar-refractivity contribution in [2.24, 2.45) is 0 Å². The van der Waals surface area contributed by atoms with Crippen LogP contribution in [-0.4, -0.2) is 46.0 Å². The van der Waals surface area contributed by atoms with Crippen LogP contribution in [0, 0.1) is 0 Å². The first-order valence-corrected chi connectivity index (χ1v) is 10.7. The Labute approximate surface area is 175 Å². The van der Waals surface area contributed by atoms with Crippen LogP contribution in [0.4, 0.5) is 5.82 Å². The number of hydrogen-bond donors (Lipinski definition) is 2. The molecule has 0 amide bonds. The fraction of sp³-hybridized carbons (Fsp3) is 0.304. The van der Waals surface area contributed by atoms with Crippen LogP contribution in [-0.2, 0) is 0 Å². The average molecular weight is 406 g/mol. The highest BCUT2D eigenvalue weighted by molar-refractivity contribution is 6.38. The summed E-state index contributed by atoms with van der Waals surface area (Å²) in [6, 6.07) is 16.1. The van der Waals surface area contributed by atoms with Gasteiger partial charge in [-0.15, -0.1) is 0 Å². The van der Waals surface area contributed by atoms with E-state index < -0.39 is 0 Å². The molecule has 0 radical (unpaired) electrons. The molecule has 2 aromatic carbocycles. The van der Waals surface area contributed by atoms with E-state index in [1.807, 2.05) is 42.5 Å². The number of hydrogen-bond acceptors (Lipinski definition) is 4. The number of nitrogens with one attached hydrogen (secondary N) is 2. The first kappa shape index (κ1) is 18.4. The van der Waals surface area contributed by atoms with E-state index in [1.165, 1.54) is 32.4 Å². The Kier molecular flexibility index (Phi) is 5.08. The molecule has 4 aromatic rings. The third-order valence-corrected chi connectivity index (χ3v) is 6.03. The first-order valence-electron chi connectivity index (χ1n) is 10.3. The van der Waals surface area contributed by atoms with Gasteiger partial charge < -0.3 is 15.2 Å². The molecule has 1 aliphatic rings. The van der Waals surface area contributed by atoms with Crippen molar-refractivity contribution < 1.29 is 0 Å². The van der Waals surface area contributed by atoms with Crippen molar-refractivity contribution in [2.75, 3.05) is 31.5 Å². The molecule has 5 rings (SSSR count). The Balaban J connectivity index is 1.49. The number of rotatable bonds is 5. The highest BCUT2D eigenvalue weighted by Gasteiger charge is 2.16. The molecule has 148 valence electrons. The van der Waals surface area contributed by atoms with Gasteiger partial charge >= 0.3 is 0 Å². The van der Waals surface area contributed by atoms with E-state index in [1.54, 1.807) is 0 Å². The molecule has 1 aliphatic heterocycles. The number of anilines is 1. The SMILES string of the molecule is Clc1c(-c2nc(NCCN3CCCCC3)c3ccccc3n2)[nH]c2ccccc12. The van der Waals surface area contributed by atoms with Gasteiger partial charge in [0.05, 0.1) is 10.5 Å². The van der Waals surface area contributed by atoms with E-state index in [2.05, 4.69) is 21.3 Å². The van der Waals surface area contributed by atoms with Crippen LogP contribution < -0.4 is 5.32 Å². The van der Waals surface area contributed by atoms with Crippen LogP contribution in [0.25, 0.3) is 33.3 Å². The van der Waals surface area contributed by atoms with E-state index in [0.29, 0.717) is 10.8 Å². The Hall–Kier alpha value is -2.63. The number of fused-ring (bicyclic) bond motifs is 2. The third kappa shape index (κ3) is 3.68. The number of likely N-dealkylation sites (tertiary alicyclic amines) is 1. The monoisotopic (exact) mass is 405 g/mol. The minimum absolute atomic E-state index is 0.616. The fourth-order valence-electron chi connectivity index (χ4n) is 4.10. The number of para-hydroxylation sites is 2. The van der Waals surface area contributed by atoms with Gasteiger partial charge in [-0.05, 0) is 44.1 Å². The highest BCUT2D eigenvalue weighted by atomic mass is 35.5. The Morgan fingerprint density at radius 2 is 1.69 bits per heavy atom. The summed E-state index contributed by atoms with van der Waals surface area (Å²) in [6.07, 6.45) is 3.97. The van der Waals surface area contributed by atoms with E-state index >= 15 is 0 Å². The van der Waals surface area contributed by atoms with Gasteiger partial charge in [0.1, 0.15) is 11.5 Å². The van der Waals surface area contributed by atoms with Gasteiger partial charge in [-0.3, -0.25) is 0 Å². The molecule has 0 bridgehead atoms. The van der Waals surface area contributed by atoms with Crippen molar-refractivity contribution in [3.8, 4) is 11.5 Å². The number of benzene rings is 2. The number of nitrogens with zero attached hydrogens (tertiary/aromatic N) is 3. The summed E-state index contributed by atoms with van der Waals surface area (Å²) in [5.41, 5.74) is 2.66. The molecule has 6 heteroatoms. The van der Waals surface area contributed by atoms with Crippen LogP contribution in [0.3, 0.4) is 0 Å². The van der Waals surface area contributed by atoms with Crippen LogP contribution >= 0.6 is 11.6 Å². The normalized spacial score (nSPS) is 15.2. The topological polar surface area (TPSA) is 56.8 Å². The molecule has 0 aliphatic carbocycles. The largest absolute Gasteiger partial charge is 0.368 e. The average Bonchev–Trinajstić information content (AvgIpc) is 3.11. The molecule has 3 heterocycles. The maximum Gasteiger partial charge on any atom is 0.180 e. The third-order valence-electron chi connectivity index (χ3n) is 5.64. The molecule has 1 fully saturated rings. The van der Waals surface area contributed by atoms with Gasteiger partial charge in [-0.1, -0.05) is 48.4 Å². The van der Waals surface area contributed by atoms with Crippen molar-refractivity contribution in [1.29, 1.82) is 0 Å². The number of H-pyrrole nitrogens is 1. The van der Waals surface area contributed by atoms with Crippen LogP contribution in [0.5, 0.6) is 0 Å². The maximum atomic E-state index is 6.66. The van der Waals surface area contributed by atoms with Gasteiger partial charge in [0, 0.05) is 29.4 Å². The molecule has 0 unspecified atom stereocenters. The summed E-state index contributed by atoms with van der Waals surface area (Å²) in [6.45, 7) is 4.28. The lowest BCUT2D eigenvalue weighted by molar-refractivity contribution is 0.237. The van der Waals surface area contributed by atoms with Gasteiger partial charge in [0.15, 0.2) is 5.82 Å². The second-order valence-corrected chi connectivity index (χ2v) is 7.98. The molecule has 0 atom stereocenters. The lowest BCUT2D eigenvalue weighted by Crippen LogP contribution is -2.33. The number of aromatic amines is 1. The quantitative estimate of drug-likeness (QED) is 0.471. The molecule has 0 saturated carbocycles. The molecule has 0 spiro atoms. The maximum absolute atomic E-state index is 6.66. The van der Waals surface area contributed by atoms with Crippen molar-refractivity contribution in [3.63, 3.8) is 0 Å². The first-order chi connectivity index (χ1) is 14.3. The molecular formula is C23H24ClN5. The van der Waals surface area contributed by atoms with Crippen LogP contribution in [0.1, 0.15) is 19.3 Å². The van der Waals surface area contributed by atoms with Crippen LogP contribution in [0.15, 0.2) is 48.5 Å². The summed E-state index contributed by atoms with van der Waals surface area (Å²) in [4.78, 5) is 15.5. The Morgan fingerprint density at radius 3 is 2.52 bits per heavy atom. The molecule has 1 saturated heterocycles. The van der Waals surface area contributed by atoms with Gasteiger partial charge in [-0.25, -0.2) is 9.97 Å². The Bertz CT molecular complexity index is 1150. The van der Waals surface area contributed by atoms with E-state index in [4.69, 9.17) is 21.6 Å². The minimum atomic E-state index is 0.616. The van der Waals surface area contributed by atoms with E-state index in [-0.39, 0.29) is 0 Å². The zero-order chi connectivity index (χ0) is 19.6. The van der Waals surface area contributed by atoms with Crippen molar-refractivity contribution in [2.45, 2.75) is 19.3 Å². The molecule has 29 heavy (non-hydrogen) atoms. The Morgan fingerprint density at radius 1 is 0.931 bits per heavy atom. The molecule has 2 aromatic heterocycles. The second kappa shape index (κ2) is 8.01.